The summed E-state index contributed by atoms with van der Waals surface area (Å²) in [4.78, 5) is 32.8. The number of pyridine rings is 2. The number of phenolic OH excluding ortho intramolecular Hbond substituents is 1. The van der Waals surface area contributed by atoms with E-state index in [0.717, 1.165) is 23.7 Å². The number of aryl methyl sites for hydroxylation is 2. The van der Waals surface area contributed by atoms with Crippen molar-refractivity contribution in [2.24, 2.45) is 5.92 Å². The van der Waals surface area contributed by atoms with Crippen LogP contribution in [0.4, 0.5) is 0 Å². The van der Waals surface area contributed by atoms with Gasteiger partial charge in [-0.05, 0) is 55.0 Å². The molecule has 4 aromatic rings. The van der Waals surface area contributed by atoms with Crippen molar-refractivity contribution < 1.29 is 9.90 Å². The quantitative estimate of drug-likeness (QED) is 0.337. The molecular formula is C28H31N3O3. The van der Waals surface area contributed by atoms with Gasteiger partial charge in [0.2, 0.25) is 0 Å². The molecule has 0 spiro atoms. The van der Waals surface area contributed by atoms with Gasteiger partial charge in [0.25, 0.3) is 0 Å². The van der Waals surface area contributed by atoms with Gasteiger partial charge in [-0.15, -0.1) is 0 Å². The van der Waals surface area contributed by atoms with Gasteiger partial charge < -0.3 is 14.5 Å². The van der Waals surface area contributed by atoms with Crippen LogP contribution in [0.5, 0.6) is 5.75 Å². The summed E-state index contributed by atoms with van der Waals surface area (Å²) in [5, 5.41) is 9.96. The number of nitrogens with one attached hydrogen (secondary N) is 1. The summed E-state index contributed by atoms with van der Waals surface area (Å²) in [7, 11) is 0. The molecule has 0 amide bonds. The second-order valence-corrected chi connectivity index (χ2v) is 9.63. The van der Waals surface area contributed by atoms with Gasteiger partial charge in [0.1, 0.15) is 11.4 Å². The molecule has 0 unspecified atom stereocenters. The number of aromatic nitrogens is 3. The molecule has 0 aliphatic heterocycles. The fraction of sp³-hybridized carbons (Fsp3) is 0.393. The van der Waals surface area contributed by atoms with Crippen LogP contribution in [0.1, 0.15) is 73.1 Å². The minimum absolute atomic E-state index is 0.0244. The molecule has 0 radical (unpaired) electrons. The first-order chi connectivity index (χ1) is 16.5. The van der Waals surface area contributed by atoms with Crippen LogP contribution < -0.4 is 5.43 Å². The molecule has 0 saturated heterocycles. The lowest BCUT2D eigenvalue weighted by atomic mass is 9.85. The molecule has 6 nitrogen and oxygen atoms in total. The number of fused-ring (bicyclic) bond motifs is 2. The van der Waals surface area contributed by atoms with Crippen LogP contribution in [-0.4, -0.2) is 25.3 Å². The molecule has 6 heteroatoms. The van der Waals surface area contributed by atoms with E-state index in [1.807, 2.05) is 6.20 Å². The highest BCUT2D eigenvalue weighted by atomic mass is 16.3. The third-order valence-electron chi connectivity index (χ3n) is 7.09. The fourth-order valence-corrected chi connectivity index (χ4v) is 5.19. The molecule has 1 aliphatic carbocycles. The smallest absolute Gasteiger partial charge is 0.190 e. The first-order valence-corrected chi connectivity index (χ1v) is 12.4. The second-order valence-electron chi connectivity index (χ2n) is 9.63. The molecule has 5 rings (SSSR count). The Kier molecular flexibility index (Phi) is 6.48. The van der Waals surface area contributed by atoms with Crippen LogP contribution in [0.25, 0.3) is 16.6 Å². The van der Waals surface area contributed by atoms with Crippen molar-refractivity contribution in [3.63, 3.8) is 0 Å². The first kappa shape index (κ1) is 22.4. The largest absolute Gasteiger partial charge is 0.508 e. The van der Waals surface area contributed by atoms with E-state index >= 15 is 0 Å². The van der Waals surface area contributed by atoms with E-state index in [0.29, 0.717) is 17.3 Å². The number of rotatable bonds is 8. The highest BCUT2D eigenvalue weighted by Crippen LogP contribution is 2.28. The highest BCUT2D eigenvalue weighted by Gasteiger charge is 2.14. The van der Waals surface area contributed by atoms with Crippen molar-refractivity contribution in [1.29, 1.82) is 0 Å². The van der Waals surface area contributed by atoms with Crippen LogP contribution in [0, 0.1) is 5.92 Å². The topological polar surface area (TPSA) is 87.5 Å². The van der Waals surface area contributed by atoms with Crippen LogP contribution in [0.15, 0.2) is 53.6 Å². The minimum Gasteiger partial charge on any atom is -0.508 e. The zero-order chi connectivity index (χ0) is 23.5. The molecule has 1 fully saturated rings. The van der Waals surface area contributed by atoms with Crippen molar-refractivity contribution in [3.05, 3.63) is 76.0 Å². The van der Waals surface area contributed by atoms with Gasteiger partial charge in [0, 0.05) is 30.3 Å². The van der Waals surface area contributed by atoms with Crippen LogP contribution in [0.3, 0.4) is 0 Å². The lowest BCUT2D eigenvalue weighted by Gasteiger charge is -2.21. The Hall–Kier alpha value is -3.41. The van der Waals surface area contributed by atoms with Crippen LogP contribution in [-0.2, 0) is 12.8 Å². The Morgan fingerprint density at radius 3 is 2.76 bits per heavy atom. The van der Waals surface area contributed by atoms with E-state index in [-0.39, 0.29) is 29.1 Å². The number of hydrogen-bond acceptors (Lipinski definition) is 4. The summed E-state index contributed by atoms with van der Waals surface area (Å²) in [5.74, 6) is 0.809. The average Bonchev–Trinajstić information content (AvgIpc) is 3.26. The van der Waals surface area contributed by atoms with Gasteiger partial charge in [-0.2, -0.15) is 0 Å². The highest BCUT2D eigenvalue weighted by molar-refractivity contribution is 5.96. The Morgan fingerprint density at radius 2 is 1.91 bits per heavy atom. The van der Waals surface area contributed by atoms with Gasteiger partial charge in [-0.3, -0.25) is 9.59 Å². The number of H-pyrrole nitrogens is 1. The number of hydrogen-bond donors (Lipinski definition) is 2. The molecule has 176 valence electrons. The number of phenols is 1. The number of benzene rings is 1. The van der Waals surface area contributed by atoms with E-state index < -0.39 is 0 Å². The molecule has 34 heavy (non-hydrogen) atoms. The standard InChI is InChI=1S/C28H31N3O3/c32-22-11-12-24-23(15-22)27(34)16-25(30-24)26(33)13-10-21-18-31-17-20(9-14-28(31)29-21)8-4-7-19-5-2-1-3-6-19/h9,11-12,14-19,32H,1-8,10,13H2,(H,30,34). The molecular weight excluding hydrogens is 426 g/mol. The predicted molar refractivity (Wildman–Crippen MR) is 134 cm³/mol. The van der Waals surface area contributed by atoms with Crippen molar-refractivity contribution in [3.8, 4) is 5.75 Å². The summed E-state index contributed by atoms with van der Waals surface area (Å²) >= 11 is 0. The summed E-state index contributed by atoms with van der Waals surface area (Å²) in [5.41, 5.74) is 3.61. The predicted octanol–water partition coefficient (Wildman–Crippen LogP) is 5.60. The first-order valence-electron chi connectivity index (χ1n) is 12.4. The SMILES string of the molecule is O=C(CCc1cn2cc(CCCC3CCCCC3)ccc2n1)c1cc(=O)c2cc(O)ccc2[nH]1. The van der Waals surface area contributed by atoms with Gasteiger partial charge in [-0.1, -0.05) is 44.6 Å². The number of carbonyl (C=O) groups is 1. The Labute approximate surface area is 198 Å². The van der Waals surface area contributed by atoms with E-state index in [1.54, 1.807) is 6.07 Å². The van der Waals surface area contributed by atoms with Crippen LogP contribution in [0.2, 0.25) is 0 Å². The molecule has 1 aliphatic rings. The maximum Gasteiger partial charge on any atom is 0.190 e. The number of imidazole rings is 1. The molecule has 0 atom stereocenters. The number of aromatic hydroxyl groups is 1. The van der Waals surface area contributed by atoms with Crippen molar-refractivity contribution in [2.75, 3.05) is 0 Å². The van der Waals surface area contributed by atoms with Gasteiger partial charge in [-0.25, -0.2) is 4.98 Å². The fourth-order valence-electron chi connectivity index (χ4n) is 5.19. The van der Waals surface area contributed by atoms with E-state index in [9.17, 15) is 14.7 Å². The summed E-state index contributed by atoms with van der Waals surface area (Å²) in [6.07, 6.45) is 15.6. The van der Waals surface area contributed by atoms with Crippen molar-refractivity contribution in [2.45, 2.75) is 64.2 Å². The zero-order valence-electron chi connectivity index (χ0n) is 19.4. The zero-order valence-corrected chi connectivity index (χ0v) is 19.4. The van der Waals surface area contributed by atoms with Gasteiger partial charge >= 0.3 is 0 Å². The normalized spacial score (nSPS) is 14.7. The van der Waals surface area contributed by atoms with Crippen molar-refractivity contribution in [1.82, 2.24) is 14.4 Å². The third kappa shape index (κ3) is 5.06. The number of carbonyl (C=O) groups excluding carboxylic acids is 1. The maximum atomic E-state index is 12.7. The van der Waals surface area contributed by atoms with Crippen LogP contribution >= 0.6 is 0 Å². The molecule has 2 N–H and O–H groups in total. The third-order valence-corrected chi connectivity index (χ3v) is 7.09. The maximum absolute atomic E-state index is 12.7. The number of ketones is 1. The van der Waals surface area contributed by atoms with Gasteiger partial charge in [0.05, 0.1) is 16.9 Å². The van der Waals surface area contributed by atoms with Gasteiger partial charge in [0.15, 0.2) is 11.2 Å². The molecule has 1 aromatic carbocycles. The molecule has 1 saturated carbocycles. The summed E-state index contributed by atoms with van der Waals surface area (Å²) in [6.45, 7) is 0. The second kappa shape index (κ2) is 9.84. The lowest BCUT2D eigenvalue weighted by molar-refractivity contribution is 0.0978. The van der Waals surface area contributed by atoms with E-state index in [2.05, 4.69) is 32.7 Å². The van der Waals surface area contributed by atoms with E-state index in [4.69, 9.17) is 0 Å². The average molecular weight is 458 g/mol. The number of nitrogens with zero attached hydrogens (tertiary/aromatic N) is 2. The molecule has 3 aromatic heterocycles. The molecule has 0 bridgehead atoms. The van der Waals surface area contributed by atoms with Crippen molar-refractivity contribution >= 4 is 22.3 Å². The number of aromatic amines is 1. The molecule has 3 heterocycles. The Balaban J connectivity index is 1.21. The lowest BCUT2D eigenvalue weighted by Crippen LogP contribution is -2.11. The minimum atomic E-state index is -0.281. The summed E-state index contributed by atoms with van der Waals surface area (Å²) in [6, 6.07) is 10.0. The Morgan fingerprint density at radius 1 is 1.06 bits per heavy atom. The Bertz CT molecular complexity index is 1380. The summed E-state index contributed by atoms with van der Waals surface area (Å²) < 4.78 is 2.06. The monoisotopic (exact) mass is 457 g/mol. The van der Waals surface area contributed by atoms with E-state index in [1.165, 1.54) is 68.7 Å². The number of Topliss-reactive ketones (excluding diaryl/α,β-unsaturated/α-hetero) is 1.